The van der Waals surface area contributed by atoms with Gasteiger partial charge in [-0.2, -0.15) is 39.5 Å². The summed E-state index contributed by atoms with van der Waals surface area (Å²) in [6.45, 7) is 6.37. The van der Waals surface area contributed by atoms with Crippen LogP contribution in [-0.4, -0.2) is 28.9 Å². The minimum atomic E-state index is -5.07. The van der Waals surface area contributed by atoms with Gasteiger partial charge in [-0.3, -0.25) is 9.59 Å². The lowest BCUT2D eigenvalue weighted by Gasteiger charge is -2.40. The fourth-order valence-corrected chi connectivity index (χ4v) is 4.77. The first-order valence-electron chi connectivity index (χ1n) is 13.2. The average molecular weight is 627 g/mol. The highest BCUT2D eigenvalue weighted by Crippen LogP contribution is 2.47. The van der Waals surface area contributed by atoms with Crippen LogP contribution in [-0.2, 0) is 39.4 Å². The van der Waals surface area contributed by atoms with Crippen molar-refractivity contribution in [2.24, 2.45) is 5.92 Å². The molecular weight excluding hydrogens is 595 g/mol. The summed E-state index contributed by atoms with van der Waals surface area (Å²) < 4.78 is 125. The maximum absolute atomic E-state index is 13.4. The summed E-state index contributed by atoms with van der Waals surface area (Å²) in [6, 6.07) is 2.86. The molecule has 2 aromatic carbocycles. The van der Waals surface area contributed by atoms with Crippen molar-refractivity contribution in [3.8, 4) is 0 Å². The van der Waals surface area contributed by atoms with Crippen molar-refractivity contribution < 1.29 is 53.8 Å². The molecule has 0 bridgehead atoms. The number of hydrogen-bond donors (Lipinski definition) is 1. The van der Waals surface area contributed by atoms with Crippen LogP contribution in [0.2, 0.25) is 0 Å². The standard InChI is InChI=1S/C24H21F9N2O.C5H10O2/c1-12(36)35(11-13-6-16(23(28,29)30)8-17(7-13)24(31,32)33)21-10-20(14-2-3-14)34-19-5-4-15(9-18(19)21)22(25,26)27;1-5(2,3)7-4-6/h4-9,14,20-21,34H,2-3,10-11H2,1H3;4H,1-3H3/t20-,21-;/m0./s1. The molecule has 0 unspecified atom stereocenters. The molecule has 4 rings (SSSR count). The second-order valence-corrected chi connectivity index (χ2v) is 11.5. The molecule has 14 heteroatoms. The van der Waals surface area contributed by atoms with E-state index in [0.717, 1.165) is 36.8 Å². The van der Waals surface area contributed by atoms with Gasteiger partial charge in [-0.15, -0.1) is 0 Å². The first kappa shape index (κ1) is 34.0. The number of halogens is 9. The molecule has 1 aliphatic heterocycles. The Morgan fingerprint density at radius 1 is 0.884 bits per heavy atom. The fourth-order valence-electron chi connectivity index (χ4n) is 4.77. The maximum atomic E-state index is 13.4. The molecular formula is C29H31F9N2O3. The molecule has 2 aliphatic rings. The predicted molar refractivity (Wildman–Crippen MR) is 139 cm³/mol. The summed E-state index contributed by atoms with van der Waals surface area (Å²) in [7, 11) is 0. The van der Waals surface area contributed by atoms with E-state index in [2.05, 4.69) is 10.1 Å². The third-order valence-corrected chi connectivity index (χ3v) is 6.93. The highest BCUT2D eigenvalue weighted by molar-refractivity contribution is 5.75. The topological polar surface area (TPSA) is 58.6 Å². The number of rotatable bonds is 5. The van der Waals surface area contributed by atoms with Crippen molar-refractivity contribution in [2.75, 3.05) is 5.32 Å². The van der Waals surface area contributed by atoms with Gasteiger partial charge in [0.15, 0.2) is 0 Å². The number of carbonyl (C=O) groups is 2. The molecule has 0 spiro atoms. The SMILES string of the molecule is CC(=O)N(Cc1cc(C(F)(F)F)cc(C(F)(F)F)c1)[C@H]1C[C@@H](C2CC2)Nc2ccc(C(F)(F)F)cc21.CC(C)(C)OC=O. The van der Waals surface area contributed by atoms with Crippen LogP contribution in [0.1, 0.15) is 80.8 Å². The fraction of sp³-hybridized carbons (Fsp3) is 0.517. The van der Waals surface area contributed by atoms with Crippen LogP contribution in [0.25, 0.3) is 0 Å². The molecule has 5 nitrogen and oxygen atoms in total. The molecule has 1 saturated carbocycles. The van der Waals surface area contributed by atoms with Crippen molar-refractivity contribution in [3.63, 3.8) is 0 Å². The Hall–Kier alpha value is -3.45. The van der Waals surface area contributed by atoms with Gasteiger partial charge >= 0.3 is 18.5 Å². The third-order valence-electron chi connectivity index (χ3n) is 6.93. The van der Waals surface area contributed by atoms with Gasteiger partial charge in [-0.1, -0.05) is 0 Å². The second kappa shape index (κ2) is 12.3. The molecule has 1 aliphatic carbocycles. The highest BCUT2D eigenvalue weighted by Gasteiger charge is 2.42. The summed E-state index contributed by atoms with van der Waals surface area (Å²) in [5.41, 5.74) is -4.32. The summed E-state index contributed by atoms with van der Waals surface area (Å²) in [6.07, 6.45) is -12.9. The zero-order valence-electron chi connectivity index (χ0n) is 23.7. The number of anilines is 1. The minimum absolute atomic E-state index is 0.0137. The van der Waals surface area contributed by atoms with Gasteiger partial charge in [0.25, 0.3) is 6.47 Å². The predicted octanol–water partition coefficient (Wildman–Crippen LogP) is 8.38. The number of carbonyl (C=O) groups excluding carboxylic acids is 2. The Bertz CT molecular complexity index is 1280. The number of hydrogen-bond acceptors (Lipinski definition) is 4. The van der Waals surface area contributed by atoms with Crippen molar-refractivity contribution in [1.29, 1.82) is 0 Å². The van der Waals surface area contributed by atoms with Crippen molar-refractivity contribution in [3.05, 3.63) is 64.2 Å². The number of amides is 1. The van der Waals surface area contributed by atoms with Crippen LogP contribution in [0.15, 0.2) is 36.4 Å². The Labute approximate surface area is 242 Å². The smallest absolute Gasteiger partial charge is 0.416 e. The summed E-state index contributed by atoms with van der Waals surface area (Å²) in [5.74, 6) is -0.479. The molecule has 2 aromatic rings. The molecule has 1 amide bonds. The third kappa shape index (κ3) is 9.27. The van der Waals surface area contributed by atoms with Gasteiger partial charge in [0.1, 0.15) is 5.60 Å². The Kier molecular flexibility index (Phi) is 9.72. The molecule has 0 aromatic heterocycles. The molecule has 0 radical (unpaired) electrons. The number of nitrogens with zero attached hydrogens (tertiary/aromatic N) is 1. The van der Waals surface area contributed by atoms with Gasteiger partial charge in [-0.05, 0) is 93.5 Å². The van der Waals surface area contributed by atoms with Crippen LogP contribution < -0.4 is 5.32 Å². The molecule has 1 N–H and O–H groups in total. The molecule has 238 valence electrons. The normalized spacial score (nSPS) is 18.9. The van der Waals surface area contributed by atoms with Crippen LogP contribution in [0, 0.1) is 5.92 Å². The number of alkyl halides is 9. The number of benzene rings is 2. The van der Waals surface area contributed by atoms with Crippen molar-refractivity contribution in [1.82, 2.24) is 4.90 Å². The van der Waals surface area contributed by atoms with E-state index in [4.69, 9.17) is 0 Å². The van der Waals surface area contributed by atoms with E-state index in [9.17, 15) is 49.1 Å². The largest absolute Gasteiger partial charge is 0.462 e. The Morgan fingerprint density at radius 2 is 1.42 bits per heavy atom. The quantitative estimate of drug-likeness (QED) is 0.268. The van der Waals surface area contributed by atoms with Crippen LogP contribution in [0.4, 0.5) is 45.2 Å². The zero-order valence-corrected chi connectivity index (χ0v) is 23.7. The van der Waals surface area contributed by atoms with E-state index < -0.39 is 59.3 Å². The summed E-state index contributed by atoms with van der Waals surface area (Å²) >= 11 is 0. The van der Waals surface area contributed by atoms with Gasteiger partial charge < -0.3 is 15.0 Å². The monoisotopic (exact) mass is 626 g/mol. The molecule has 1 fully saturated rings. The van der Waals surface area contributed by atoms with E-state index in [0.29, 0.717) is 24.3 Å². The zero-order chi connectivity index (χ0) is 32.5. The van der Waals surface area contributed by atoms with Gasteiger partial charge in [0, 0.05) is 25.2 Å². The van der Waals surface area contributed by atoms with Gasteiger partial charge in [0.05, 0.1) is 22.7 Å². The van der Waals surface area contributed by atoms with Crippen molar-refractivity contribution >= 4 is 18.1 Å². The lowest BCUT2D eigenvalue weighted by Crippen LogP contribution is -2.40. The molecule has 2 atom stereocenters. The van der Waals surface area contributed by atoms with Crippen molar-refractivity contribution in [2.45, 2.75) is 89.7 Å². The first-order chi connectivity index (χ1) is 19.6. The molecule has 1 heterocycles. The second-order valence-electron chi connectivity index (χ2n) is 11.5. The van der Waals surface area contributed by atoms with E-state index in [1.807, 2.05) is 20.8 Å². The Morgan fingerprint density at radius 3 is 1.81 bits per heavy atom. The van der Waals surface area contributed by atoms with Crippen LogP contribution in [0.3, 0.4) is 0 Å². The van der Waals surface area contributed by atoms with Gasteiger partial charge in [0.2, 0.25) is 5.91 Å². The van der Waals surface area contributed by atoms with Crippen LogP contribution in [0.5, 0.6) is 0 Å². The number of fused-ring (bicyclic) bond motifs is 1. The lowest BCUT2D eigenvalue weighted by atomic mass is 9.88. The average Bonchev–Trinajstić information content (AvgIpc) is 3.70. The first-order valence-corrected chi connectivity index (χ1v) is 13.2. The van der Waals surface area contributed by atoms with E-state index in [-0.39, 0.29) is 35.6 Å². The minimum Gasteiger partial charge on any atom is -0.462 e. The van der Waals surface area contributed by atoms with E-state index in [1.54, 1.807) is 0 Å². The van der Waals surface area contributed by atoms with Gasteiger partial charge in [-0.25, -0.2) is 0 Å². The molecule has 43 heavy (non-hydrogen) atoms. The summed E-state index contributed by atoms with van der Waals surface area (Å²) in [5, 5.41) is 3.18. The number of ether oxygens (including phenoxy) is 1. The van der Waals surface area contributed by atoms with E-state index in [1.165, 1.54) is 6.07 Å². The molecule has 0 saturated heterocycles. The number of nitrogens with one attached hydrogen (secondary N) is 1. The lowest BCUT2D eigenvalue weighted by molar-refractivity contribution is -0.143. The van der Waals surface area contributed by atoms with Crippen LogP contribution >= 0.6 is 0 Å². The maximum Gasteiger partial charge on any atom is 0.416 e. The van der Waals surface area contributed by atoms with E-state index >= 15 is 0 Å². The highest BCUT2D eigenvalue weighted by atomic mass is 19.4. The Balaban J connectivity index is 0.000000646. The summed E-state index contributed by atoms with van der Waals surface area (Å²) in [4.78, 5) is 23.3.